The number of carbonyl (C=O) groups excluding carboxylic acids is 1. The Hall–Kier alpha value is -1.00. The van der Waals surface area contributed by atoms with E-state index in [4.69, 9.17) is 4.74 Å². The Balaban J connectivity index is 2.16. The molecule has 0 N–H and O–H groups in total. The summed E-state index contributed by atoms with van der Waals surface area (Å²) < 4.78 is 43.2. The van der Waals surface area contributed by atoms with E-state index in [0.29, 0.717) is 11.8 Å². The molecule has 2 fully saturated rings. The van der Waals surface area contributed by atoms with Crippen molar-refractivity contribution >= 4 is 5.97 Å². The number of fused-ring (bicyclic) bond motifs is 2. The number of hydrogen-bond donors (Lipinski definition) is 0. The molecule has 2 rings (SSSR count). The second-order valence-electron chi connectivity index (χ2n) is 6.99. The van der Waals surface area contributed by atoms with Crippen molar-refractivity contribution in [2.45, 2.75) is 58.2 Å². The molecule has 2 aliphatic carbocycles. The van der Waals surface area contributed by atoms with E-state index in [9.17, 15) is 18.0 Å². The van der Waals surface area contributed by atoms with Crippen molar-refractivity contribution in [1.82, 2.24) is 0 Å². The molecule has 5 heteroatoms. The summed E-state index contributed by atoms with van der Waals surface area (Å²) in [6.07, 6.45) is -0.381. The second-order valence-corrected chi connectivity index (χ2v) is 6.99. The highest BCUT2D eigenvalue weighted by Crippen LogP contribution is 2.54. The summed E-state index contributed by atoms with van der Waals surface area (Å²) in [5.41, 5.74) is -2.27. The van der Waals surface area contributed by atoms with E-state index in [-0.39, 0.29) is 11.8 Å². The predicted octanol–water partition coefficient (Wildman–Crippen LogP) is 4.50. The summed E-state index contributed by atoms with van der Waals surface area (Å²) >= 11 is 0. The van der Waals surface area contributed by atoms with E-state index in [2.05, 4.69) is 6.58 Å². The molecule has 21 heavy (non-hydrogen) atoms. The van der Waals surface area contributed by atoms with Crippen LogP contribution in [0.4, 0.5) is 13.2 Å². The van der Waals surface area contributed by atoms with Gasteiger partial charge in [-0.05, 0) is 43.9 Å². The molecule has 2 saturated carbocycles. The molecule has 2 nitrogen and oxygen atoms in total. The lowest BCUT2D eigenvalue weighted by atomic mass is 9.71. The van der Waals surface area contributed by atoms with Crippen LogP contribution in [0.5, 0.6) is 0 Å². The third kappa shape index (κ3) is 2.97. The van der Waals surface area contributed by atoms with Gasteiger partial charge in [-0.2, -0.15) is 13.2 Å². The minimum Gasteiger partial charge on any atom is -0.455 e. The van der Waals surface area contributed by atoms with Crippen LogP contribution in [0, 0.1) is 23.7 Å². The minimum absolute atomic E-state index is 0.0353. The van der Waals surface area contributed by atoms with Crippen molar-refractivity contribution in [2.24, 2.45) is 23.7 Å². The highest BCUT2D eigenvalue weighted by atomic mass is 19.4. The third-order valence-electron chi connectivity index (χ3n) is 5.52. The van der Waals surface area contributed by atoms with Gasteiger partial charge in [-0.15, -0.1) is 0 Å². The van der Waals surface area contributed by atoms with Crippen LogP contribution < -0.4 is 0 Å². The number of hydrogen-bond acceptors (Lipinski definition) is 2. The van der Waals surface area contributed by atoms with E-state index in [1.54, 1.807) is 6.92 Å². The fraction of sp³-hybridized carbons (Fsp3) is 0.812. The first-order valence-electron chi connectivity index (χ1n) is 7.55. The third-order valence-corrected chi connectivity index (χ3v) is 5.52. The molecular weight excluding hydrogens is 281 g/mol. The van der Waals surface area contributed by atoms with Crippen LogP contribution in [-0.4, -0.2) is 17.7 Å². The summed E-state index contributed by atoms with van der Waals surface area (Å²) in [6, 6.07) is 0. The first-order chi connectivity index (χ1) is 9.55. The monoisotopic (exact) mass is 304 g/mol. The maximum Gasteiger partial charge on any atom is 0.422 e. The first kappa shape index (κ1) is 16.4. The molecule has 0 heterocycles. The number of esters is 1. The van der Waals surface area contributed by atoms with Gasteiger partial charge in [0.05, 0.1) is 0 Å². The van der Waals surface area contributed by atoms with Gasteiger partial charge in [0.2, 0.25) is 0 Å². The molecule has 0 amide bonds. The number of alkyl halides is 3. The quantitative estimate of drug-likeness (QED) is 0.564. The molecule has 0 spiro atoms. The molecule has 0 aromatic heterocycles. The fourth-order valence-electron chi connectivity index (χ4n) is 3.95. The van der Waals surface area contributed by atoms with Gasteiger partial charge >= 0.3 is 12.1 Å². The Kier molecular flexibility index (Phi) is 4.15. The average Bonchev–Trinajstić information content (AvgIpc) is 2.98. The molecule has 2 aliphatic rings. The lowest BCUT2D eigenvalue weighted by Crippen LogP contribution is -2.47. The number of carbonyl (C=O) groups is 1. The Morgan fingerprint density at radius 2 is 1.86 bits per heavy atom. The van der Waals surface area contributed by atoms with Gasteiger partial charge in [-0.25, -0.2) is 4.79 Å². The molecule has 0 aromatic rings. The van der Waals surface area contributed by atoms with Gasteiger partial charge in [-0.3, -0.25) is 0 Å². The Morgan fingerprint density at radius 3 is 2.24 bits per heavy atom. The van der Waals surface area contributed by atoms with Crippen LogP contribution in [0.3, 0.4) is 0 Å². The Morgan fingerprint density at radius 1 is 1.24 bits per heavy atom. The molecule has 120 valence electrons. The zero-order valence-corrected chi connectivity index (χ0v) is 12.8. The molecule has 4 unspecified atom stereocenters. The fourth-order valence-corrected chi connectivity index (χ4v) is 3.95. The van der Waals surface area contributed by atoms with Crippen molar-refractivity contribution in [3.05, 3.63) is 12.2 Å². The van der Waals surface area contributed by atoms with Crippen molar-refractivity contribution in [3.8, 4) is 0 Å². The topological polar surface area (TPSA) is 26.3 Å². The van der Waals surface area contributed by atoms with Gasteiger partial charge < -0.3 is 4.74 Å². The lowest BCUT2D eigenvalue weighted by molar-refractivity contribution is -0.177. The highest BCUT2D eigenvalue weighted by molar-refractivity contribution is 5.89. The van der Waals surface area contributed by atoms with Gasteiger partial charge in [-0.1, -0.05) is 26.8 Å². The van der Waals surface area contributed by atoms with Gasteiger partial charge in [0, 0.05) is 5.92 Å². The summed E-state index contributed by atoms with van der Waals surface area (Å²) in [5.74, 6) is -0.105. The molecular formula is C16H23F3O2. The van der Waals surface area contributed by atoms with Crippen LogP contribution in [-0.2, 0) is 9.53 Å². The summed E-state index contributed by atoms with van der Waals surface area (Å²) in [6.45, 7) is 8.42. The second kappa shape index (κ2) is 5.33. The highest BCUT2D eigenvalue weighted by Gasteiger charge is 2.52. The summed E-state index contributed by atoms with van der Waals surface area (Å²) in [7, 11) is 0. The molecule has 2 bridgehead atoms. The van der Waals surface area contributed by atoms with Crippen molar-refractivity contribution in [1.29, 1.82) is 0 Å². The molecule has 4 atom stereocenters. The minimum atomic E-state index is -4.73. The van der Waals surface area contributed by atoms with Crippen LogP contribution >= 0.6 is 0 Å². The van der Waals surface area contributed by atoms with Crippen LogP contribution in [0.25, 0.3) is 0 Å². The van der Waals surface area contributed by atoms with E-state index in [0.717, 1.165) is 19.3 Å². The van der Waals surface area contributed by atoms with Crippen molar-refractivity contribution < 1.29 is 22.7 Å². The van der Waals surface area contributed by atoms with Gasteiger partial charge in [0.1, 0.15) is 11.2 Å². The summed E-state index contributed by atoms with van der Waals surface area (Å²) in [5, 5.41) is 0. The van der Waals surface area contributed by atoms with Crippen LogP contribution in [0.2, 0.25) is 0 Å². The normalized spacial score (nSPS) is 31.3. The van der Waals surface area contributed by atoms with E-state index < -0.39 is 23.3 Å². The standard InChI is InChI=1S/C16H23F3O2/c1-9(2)15(4,13-8-11-5-6-12(13)7-11)21-14(20)10(3)16(17,18)19/h9,11-13H,3,5-8H2,1-2,4H3. The van der Waals surface area contributed by atoms with E-state index >= 15 is 0 Å². The van der Waals surface area contributed by atoms with Gasteiger partial charge in [0.25, 0.3) is 0 Å². The van der Waals surface area contributed by atoms with E-state index in [1.807, 2.05) is 13.8 Å². The maximum atomic E-state index is 12.6. The molecule has 0 radical (unpaired) electrons. The zero-order chi connectivity index (χ0) is 16.0. The van der Waals surface area contributed by atoms with Crippen LogP contribution in [0.15, 0.2) is 12.2 Å². The molecule has 0 aromatic carbocycles. The van der Waals surface area contributed by atoms with Crippen LogP contribution in [0.1, 0.15) is 46.5 Å². The maximum absolute atomic E-state index is 12.6. The average molecular weight is 304 g/mol. The Labute approximate surface area is 123 Å². The van der Waals surface area contributed by atoms with Gasteiger partial charge in [0.15, 0.2) is 0 Å². The van der Waals surface area contributed by atoms with E-state index in [1.165, 1.54) is 6.42 Å². The number of ether oxygens (including phenoxy) is 1. The lowest BCUT2D eigenvalue weighted by Gasteiger charge is -2.42. The Bertz CT molecular complexity index is 441. The zero-order valence-electron chi connectivity index (χ0n) is 12.8. The molecule has 0 saturated heterocycles. The first-order valence-corrected chi connectivity index (χ1v) is 7.55. The SMILES string of the molecule is C=C(C(=O)OC(C)(C(C)C)C1CC2CCC1C2)C(F)(F)F. The smallest absolute Gasteiger partial charge is 0.422 e. The van der Waals surface area contributed by atoms with Crippen molar-refractivity contribution in [2.75, 3.05) is 0 Å². The number of rotatable bonds is 4. The number of halogens is 3. The van der Waals surface area contributed by atoms with Crippen molar-refractivity contribution in [3.63, 3.8) is 0 Å². The largest absolute Gasteiger partial charge is 0.455 e. The predicted molar refractivity (Wildman–Crippen MR) is 73.5 cm³/mol. The summed E-state index contributed by atoms with van der Waals surface area (Å²) in [4.78, 5) is 11.8. The molecule has 0 aliphatic heterocycles.